The van der Waals surface area contributed by atoms with Crippen LogP contribution in [0.25, 0.3) is 0 Å². The zero-order valence-corrected chi connectivity index (χ0v) is 8.11. The van der Waals surface area contributed by atoms with Crippen molar-refractivity contribution in [2.24, 2.45) is 22.4 Å². The molecule has 1 aliphatic rings. The van der Waals surface area contributed by atoms with E-state index < -0.39 is 5.97 Å². The lowest BCUT2D eigenvalue weighted by Gasteiger charge is -2.49. The van der Waals surface area contributed by atoms with E-state index in [2.05, 4.69) is 5.16 Å². The average Bonchev–Trinajstić information content (AvgIpc) is 2.01. The Morgan fingerprint density at radius 1 is 1.46 bits per heavy atom. The molecule has 0 unspecified atom stereocenters. The number of carboxylic acid groups (broad SMARTS) is 1. The summed E-state index contributed by atoms with van der Waals surface area (Å²) in [4.78, 5) is 10.8. The minimum absolute atomic E-state index is 0.0959. The van der Waals surface area contributed by atoms with Crippen molar-refractivity contribution >= 4 is 11.7 Å². The lowest BCUT2D eigenvalue weighted by Crippen LogP contribution is -2.51. The van der Waals surface area contributed by atoms with Gasteiger partial charge in [-0.1, -0.05) is 19.0 Å². The molecule has 1 rings (SSSR count). The second-order valence-electron chi connectivity index (χ2n) is 4.24. The predicted molar refractivity (Wildman–Crippen MR) is 47.9 cm³/mol. The van der Waals surface area contributed by atoms with Gasteiger partial charge >= 0.3 is 5.97 Å². The number of rotatable bonds is 2. The van der Waals surface area contributed by atoms with Crippen LogP contribution in [0.15, 0.2) is 5.16 Å². The fourth-order valence-corrected chi connectivity index (χ4v) is 2.12. The zero-order valence-electron chi connectivity index (χ0n) is 8.11. The summed E-state index contributed by atoms with van der Waals surface area (Å²) >= 11 is 0. The van der Waals surface area contributed by atoms with Crippen molar-refractivity contribution in [3.05, 3.63) is 0 Å². The van der Waals surface area contributed by atoms with Crippen LogP contribution in [0.4, 0.5) is 0 Å². The van der Waals surface area contributed by atoms with E-state index in [0.717, 1.165) is 0 Å². The van der Waals surface area contributed by atoms with Crippen LogP contribution in [0.1, 0.15) is 27.2 Å². The normalized spacial score (nSPS) is 32.4. The van der Waals surface area contributed by atoms with Gasteiger partial charge in [0.2, 0.25) is 0 Å². The van der Waals surface area contributed by atoms with Gasteiger partial charge in [0.1, 0.15) is 0 Å². The molecule has 0 saturated heterocycles. The van der Waals surface area contributed by atoms with Crippen molar-refractivity contribution in [3.63, 3.8) is 0 Å². The quantitative estimate of drug-likeness (QED) is 0.390. The van der Waals surface area contributed by atoms with Crippen molar-refractivity contribution in [2.75, 3.05) is 0 Å². The lowest BCUT2D eigenvalue weighted by molar-refractivity contribution is -0.155. The van der Waals surface area contributed by atoms with Gasteiger partial charge in [0.25, 0.3) is 0 Å². The summed E-state index contributed by atoms with van der Waals surface area (Å²) in [6.07, 6.45) is 0.582. The van der Waals surface area contributed by atoms with Gasteiger partial charge in [-0.2, -0.15) is 0 Å². The number of hydrogen-bond acceptors (Lipinski definition) is 3. The first kappa shape index (κ1) is 10.0. The topological polar surface area (TPSA) is 69.9 Å². The molecule has 0 spiro atoms. The SMILES string of the molecule is CC(=NO)[C@H]1C[C@H](C(=O)O)C1(C)C. The minimum Gasteiger partial charge on any atom is -0.481 e. The van der Waals surface area contributed by atoms with E-state index >= 15 is 0 Å². The van der Waals surface area contributed by atoms with Gasteiger partial charge in [0, 0.05) is 5.92 Å². The highest BCUT2D eigenvalue weighted by Crippen LogP contribution is 2.51. The Morgan fingerprint density at radius 3 is 2.31 bits per heavy atom. The fraction of sp³-hybridized carbons (Fsp3) is 0.778. The smallest absolute Gasteiger partial charge is 0.307 e. The van der Waals surface area contributed by atoms with Crippen molar-refractivity contribution in [1.29, 1.82) is 0 Å². The fourth-order valence-electron chi connectivity index (χ4n) is 2.12. The third kappa shape index (κ3) is 1.41. The molecule has 2 N–H and O–H groups in total. The first-order chi connectivity index (χ1) is 5.91. The van der Waals surface area contributed by atoms with Gasteiger partial charge in [-0.25, -0.2) is 0 Å². The highest BCUT2D eigenvalue weighted by molar-refractivity contribution is 5.88. The minimum atomic E-state index is -0.757. The third-order valence-corrected chi connectivity index (χ3v) is 3.23. The second-order valence-corrected chi connectivity index (χ2v) is 4.24. The van der Waals surface area contributed by atoms with Crippen LogP contribution in [-0.2, 0) is 4.79 Å². The number of carbonyl (C=O) groups is 1. The highest BCUT2D eigenvalue weighted by Gasteiger charge is 2.53. The van der Waals surface area contributed by atoms with Gasteiger partial charge < -0.3 is 10.3 Å². The molecule has 0 radical (unpaired) electrons. The van der Waals surface area contributed by atoms with Crippen LogP contribution in [-0.4, -0.2) is 22.0 Å². The van der Waals surface area contributed by atoms with E-state index in [1.54, 1.807) is 6.92 Å². The predicted octanol–water partition coefficient (Wildman–Crippen LogP) is 1.58. The Balaban J connectivity index is 2.75. The van der Waals surface area contributed by atoms with Crippen LogP contribution in [0.2, 0.25) is 0 Å². The van der Waals surface area contributed by atoms with E-state index in [4.69, 9.17) is 10.3 Å². The summed E-state index contributed by atoms with van der Waals surface area (Å²) in [6, 6.07) is 0. The Morgan fingerprint density at radius 2 is 2.00 bits per heavy atom. The molecule has 2 atom stereocenters. The number of aliphatic carboxylic acids is 1. The van der Waals surface area contributed by atoms with Crippen LogP contribution in [0.3, 0.4) is 0 Å². The molecule has 4 heteroatoms. The van der Waals surface area contributed by atoms with Crippen LogP contribution < -0.4 is 0 Å². The molecule has 0 aromatic carbocycles. The molecule has 0 aromatic heterocycles. The standard InChI is InChI=1S/C9H15NO3/c1-5(10-13)6-4-7(8(11)12)9(6,2)3/h6-7,13H,4H2,1-3H3,(H,11,12)/t6-,7-/m1/s1. The van der Waals surface area contributed by atoms with Crippen LogP contribution in [0, 0.1) is 17.3 Å². The molecular weight excluding hydrogens is 170 g/mol. The molecule has 0 amide bonds. The maximum Gasteiger partial charge on any atom is 0.307 e. The number of carboxylic acids is 1. The van der Waals surface area contributed by atoms with Gasteiger partial charge in [-0.05, 0) is 18.8 Å². The molecule has 13 heavy (non-hydrogen) atoms. The first-order valence-electron chi connectivity index (χ1n) is 4.32. The number of hydrogen-bond donors (Lipinski definition) is 2. The number of oxime groups is 1. The van der Waals surface area contributed by atoms with Crippen molar-refractivity contribution in [3.8, 4) is 0 Å². The van der Waals surface area contributed by atoms with E-state index in [0.29, 0.717) is 12.1 Å². The Kier molecular flexibility index (Phi) is 2.32. The van der Waals surface area contributed by atoms with Crippen molar-refractivity contribution < 1.29 is 15.1 Å². The van der Waals surface area contributed by atoms with E-state index in [9.17, 15) is 4.79 Å². The van der Waals surface area contributed by atoms with Crippen molar-refractivity contribution in [2.45, 2.75) is 27.2 Å². The molecule has 1 aliphatic carbocycles. The monoisotopic (exact) mass is 185 g/mol. The molecule has 1 fully saturated rings. The summed E-state index contributed by atoms with van der Waals surface area (Å²) in [5, 5.41) is 20.5. The molecule has 74 valence electrons. The average molecular weight is 185 g/mol. The van der Waals surface area contributed by atoms with Gasteiger partial charge in [0.05, 0.1) is 11.6 Å². The summed E-state index contributed by atoms with van der Waals surface area (Å²) in [5.41, 5.74) is 0.338. The van der Waals surface area contributed by atoms with E-state index in [1.807, 2.05) is 13.8 Å². The van der Waals surface area contributed by atoms with E-state index in [1.165, 1.54) is 0 Å². The highest BCUT2D eigenvalue weighted by atomic mass is 16.4. The maximum absolute atomic E-state index is 10.8. The van der Waals surface area contributed by atoms with Crippen LogP contribution >= 0.6 is 0 Å². The molecule has 0 aliphatic heterocycles. The summed E-state index contributed by atoms with van der Waals surface area (Å²) in [5.74, 6) is -0.972. The largest absolute Gasteiger partial charge is 0.481 e. The molecule has 4 nitrogen and oxygen atoms in total. The lowest BCUT2D eigenvalue weighted by atomic mass is 9.53. The maximum atomic E-state index is 10.8. The van der Waals surface area contributed by atoms with E-state index in [-0.39, 0.29) is 17.3 Å². The molecule has 0 aromatic rings. The molecule has 0 bridgehead atoms. The zero-order chi connectivity index (χ0) is 10.2. The van der Waals surface area contributed by atoms with Gasteiger partial charge in [-0.15, -0.1) is 0 Å². The first-order valence-corrected chi connectivity index (χ1v) is 4.32. The van der Waals surface area contributed by atoms with Crippen molar-refractivity contribution in [1.82, 2.24) is 0 Å². The second kappa shape index (κ2) is 3.01. The molecule has 0 heterocycles. The van der Waals surface area contributed by atoms with Crippen LogP contribution in [0.5, 0.6) is 0 Å². The Labute approximate surface area is 77.3 Å². The third-order valence-electron chi connectivity index (χ3n) is 3.23. The Bertz CT molecular complexity index is 258. The number of nitrogens with zero attached hydrogens (tertiary/aromatic N) is 1. The van der Waals surface area contributed by atoms with Gasteiger partial charge in [-0.3, -0.25) is 4.79 Å². The summed E-state index contributed by atoms with van der Waals surface area (Å²) in [6.45, 7) is 5.52. The molecular formula is C9H15NO3. The molecule has 1 saturated carbocycles. The summed E-state index contributed by atoms with van der Waals surface area (Å²) in [7, 11) is 0. The Hall–Kier alpha value is -1.06. The summed E-state index contributed by atoms with van der Waals surface area (Å²) < 4.78 is 0. The van der Waals surface area contributed by atoms with Gasteiger partial charge in [0.15, 0.2) is 0 Å².